The number of esters is 1. The zero-order chi connectivity index (χ0) is 24.7. The summed E-state index contributed by atoms with van der Waals surface area (Å²) in [7, 11) is 1.36. The van der Waals surface area contributed by atoms with Crippen LogP contribution >= 0.6 is 0 Å². The molecule has 0 fully saturated rings. The molecule has 1 amide bonds. The summed E-state index contributed by atoms with van der Waals surface area (Å²) in [5.74, 6) is 0.269. The van der Waals surface area contributed by atoms with Crippen molar-refractivity contribution in [2.24, 2.45) is 0 Å². The largest absolute Gasteiger partial charge is 0.491 e. The predicted molar refractivity (Wildman–Crippen MR) is 129 cm³/mol. The number of methoxy groups -OCH3 is 1. The monoisotopic (exact) mass is 469 g/mol. The van der Waals surface area contributed by atoms with E-state index in [2.05, 4.69) is 0 Å². The van der Waals surface area contributed by atoms with Gasteiger partial charge in [-0.1, -0.05) is 24.3 Å². The number of ether oxygens (including phenoxy) is 3. The van der Waals surface area contributed by atoms with Crippen LogP contribution in [0.4, 0.5) is 4.79 Å². The van der Waals surface area contributed by atoms with Gasteiger partial charge in [0.25, 0.3) is 0 Å². The van der Waals surface area contributed by atoms with Gasteiger partial charge in [-0.3, -0.25) is 0 Å². The maximum atomic E-state index is 13.2. The fourth-order valence-corrected chi connectivity index (χ4v) is 4.14. The number of carbonyl (C=O) groups excluding carboxylic acids is 2. The SMILES string of the molecule is COC(=O)c1ccc2c(c1)CC(N(C[C@H](O)COc1ccccc1)C(=O)OC(C)(C)C)CCC2. The van der Waals surface area contributed by atoms with Gasteiger partial charge in [0, 0.05) is 6.04 Å². The van der Waals surface area contributed by atoms with Crippen LogP contribution in [-0.2, 0) is 22.3 Å². The van der Waals surface area contributed by atoms with Crippen LogP contribution in [0.1, 0.15) is 55.1 Å². The number of para-hydroxylation sites is 1. The Balaban J connectivity index is 1.79. The van der Waals surface area contributed by atoms with E-state index in [1.54, 1.807) is 11.0 Å². The molecule has 7 nitrogen and oxygen atoms in total. The number of nitrogens with zero attached hydrogens (tertiary/aromatic N) is 1. The molecule has 0 radical (unpaired) electrons. The minimum Gasteiger partial charge on any atom is -0.491 e. The molecular weight excluding hydrogens is 434 g/mol. The number of aliphatic hydroxyl groups is 1. The lowest BCUT2D eigenvalue weighted by Gasteiger charge is -2.34. The molecule has 0 heterocycles. The van der Waals surface area contributed by atoms with Crippen molar-refractivity contribution in [1.82, 2.24) is 4.90 Å². The Kier molecular flexibility index (Phi) is 8.56. The van der Waals surface area contributed by atoms with Crippen molar-refractivity contribution in [3.63, 3.8) is 0 Å². The number of aryl methyl sites for hydroxylation is 1. The minimum absolute atomic E-state index is 0.0547. The van der Waals surface area contributed by atoms with Gasteiger partial charge in [-0.05, 0) is 81.8 Å². The number of benzene rings is 2. The Hall–Kier alpha value is -3.06. The maximum absolute atomic E-state index is 13.2. The quantitative estimate of drug-likeness (QED) is 0.478. The Labute approximate surface area is 201 Å². The van der Waals surface area contributed by atoms with Crippen molar-refractivity contribution < 1.29 is 28.9 Å². The van der Waals surface area contributed by atoms with E-state index in [9.17, 15) is 14.7 Å². The van der Waals surface area contributed by atoms with E-state index in [-0.39, 0.29) is 25.2 Å². The van der Waals surface area contributed by atoms with Crippen molar-refractivity contribution in [3.05, 3.63) is 65.2 Å². The number of carbonyl (C=O) groups is 2. The zero-order valence-corrected chi connectivity index (χ0v) is 20.5. The van der Waals surface area contributed by atoms with Crippen LogP contribution in [0.25, 0.3) is 0 Å². The lowest BCUT2D eigenvalue weighted by Crippen LogP contribution is -2.48. The molecule has 0 saturated heterocycles. The molecule has 1 aliphatic rings. The third-order valence-corrected chi connectivity index (χ3v) is 5.73. The molecular formula is C27H35NO6. The van der Waals surface area contributed by atoms with E-state index < -0.39 is 17.8 Å². The fraction of sp³-hybridized carbons (Fsp3) is 0.481. The Bertz CT molecular complexity index is 969. The van der Waals surface area contributed by atoms with Gasteiger partial charge in [-0.2, -0.15) is 0 Å². The van der Waals surface area contributed by atoms with Crippen molar-refractivity contribution in [3.8, 4) is 5.75 Å². The molecule has 184 valence electrons. The lowest BCUT2D eigenvalue weighted by molar-refractivity contribution is -0.00279. The Morgan fingerprint density at radius 2 is 1.85 bits per heavy atom. The number of rotatable bonds is 7. The van der Waals surface area contributed by atoms with Crippen LogP contribution < -0.4 is 4.74 Å². The summed E-state index contributed by atoms with van der Waals surface area (Å²) in [6.07, 6.45) is 1.69. The summed E-state index contributed by atoms with van der Waals surface area (Å²) in [6.45, 7) is 5.60. The molecule has 0 bridgehead atoms. The first-order valence-electron chi connectivity index (χ1n) is 11.7. The summed E-state index contributed by atoms with van der Waals surface area (Å²) in [6, 6.07) is 14.7. The van der Waals surface area contributed by atoms with E-state index in [4.69, 9.17) is 14.2 Å². The molecule has 34 heavy (non-hydrogen) atoms. The second-order valence-electron chi connectivity index (χ2n) is 9.64. The Morgan fingerprint density at radius 1 is 1.12 bits per heavy atom. The number of hydrogen-bond acceptors (Lipinski definition) is 6. The number of fused-ring (bicyclic) bond motifs is 1. The normalized spacial score (nSPS) is 16.6. The van der Waals surface area contributed by atoms with Crippen molar-refractivity contribution in [1.29, 1.82) is 0 Å². The fourth-order valence-electron chi connectivity index (χ4n) is 4.14. The van der Waals surface area contributed by atoms with Crippen LogP contribution in [0.2, 0.25) is 0 Å². The van der Waals surface area contributed by atoms with Crippen LogP contribution in [0.3, 0.4) is 0 Å². The van der Waals surface area contributed by atoms with Gasteiger partial charge < -0.3 is 24.2 Å². The van der Waals surface area contributed by atoms with Gasteiger partial charge in [0.2, 0.25) is 0 Å². The topological polar surface area (TPSA) is 85.3 Å². The number of amides is 1. The van der Waals surface area contributed by atoms with Crippen LogP contribution in [0, 0.1) is 0 Å². The third-order valence-electron chi connectivity index (χ3n) is 5.73. The highest BCUT2D eigenvalue weighted by molar-refractivity contribution is 5.89. The average molecular weight is 470 g/mol. The second-order valence-corrected chi connectivity index (χ2v) is 9.64. The molecule has 0 aliphatic heterocycles. The summed E-state index contributed by atoms with van der Waals surface area (Å²) in [5.41, 5.74) is 1.99. The average Bonchev–Trinajstić information content (AvgIpc) is 3.01. The van der Waals surface area contributed by atoms with E-state index in [1.165, 1.54) is 7.11 Å². The molecule has 0 saturated carbocycles. The molecule has 1 aliphatic carbocycles. The second kappa shape index (κ2) is 11.4. The molecule has 7 heteroatoms. The summed E-state index contributed by atoms with van der Waals surface area (Å²) < 4.78 is 16.2. The van der Waals surface area contributed by atoms with Crippen LogP contribution in [0.15, 0.2) is 48.5 Å². The smallest absolute Gasteiger partial charge is 0.410 e. The predicted octanol–water partition coefficient (Wildman–Crippen LogP) is 4.40. The van der Waals surface area contributed by atoms with E-state index in [0.717, 1.165) is 30.4 Å². The van der Waals surface area contributed by atoms with E-state index in [0.29, 0.717) is 17.7 Å². The molecule has 3 rings (SSSR count). The first-order chi connectivity index (χ1) is 16.2. The zero-order valence-electron chi connectivity index (χ0n) is 20.5. The van der Waals surface area contributed by atoms with Gasteiger partial charge in [-0.15, -0.1) is 0 Å². The first-order valence-corrected chi connectivity index (χ1v) is 11.7. The highest BCUT2D eigenvalue weighted by Gasteiger charge is 2.32. The first kappa shape index (κ1) is 25.6. The molecule has 0 spiro atoms. The summed E-state index contributed by atoms with van der Waals surface area (Å²) >= 11 is 0. The van der Waals surface area contributed by atoms with Gasteiger partial charge in [-0.25, -0.2) is 9.59 Å². The standard InChI is InChI=1S/C27H35NO6/c1-27(2,3)34-26(31)28(17-23(29)18-33-24-11-6-5-7-12-24)22-10-8-9-19-13-14-20(25(30)32-4)15-21(19)16-22/h5-7,11-15,22-23,29H,8-10,16-18H2,1-4H3/t22?,23-/m0/s1. The van der Waals surface area contributed by atoms with E-state index in [1.807, 2.05) is 63.2 Å². The molecule has 2 aromatic rings. The van der Waals surface area contributed by atoms with Crippen molar-refractivity contribution in [2.45, 2.75) is 64.2 Å². The summed E-state index contributed by atoms with van der Waals surface area (Å²) in [5, 5.41) is 10.7. The molecule has 2 atom stereocenters. The third kappa shape index (κ3) is 7.22. The summed E-state index contributed by atoms with van der Waals surface area (Å²) in [4.78, 5) is 26.9. The van der Waals surface area contributed by atoms with Crippen molar-refractivity contribution >= 4 is 12.1 Å². The number of aliphatic hydroxyl groups excluding tert-OH is 1. The minimum atomic E-state index is -0.892. The number of hydrogen-bond donors (Lipinski definition) is 1. The van der Waals surface area contributed by atoms with Crippen LogP contribution in [0.5, 0.6) is 5.75 Å². The van der Waals surface area contributed by atoms with Gasteiger partial charge in [0.15, 0.2) is 0 Å². The molecule has 0 aromatic heterocycles. The highest BCUT2D eigenvalue weighted by Crippen LogP contribution is 2.27. The van der Waals surface area contributed by atoms with Crippen LogP contribution in [-0.4, -0.2) is 60.1 Å². The van der Waals surface area contributed by atoms with E-state index >= 15 is 0 Å². The molecule has 2 aromatic carbocycles. The molecule has 1 N–H and O–H groups in total. The Morgan fingerprint density at radius 3 is 2.53 bits per heavy atom. The highest BCUT2D eigenvalue weighted by atomic mass is 16.6. The van der Waals surface area contributed by atoms with Gasteiger partial charge >= 0.3 is 12.1 Å². The van der Waals surface area contributed by atoms with Gasteiger partial charge in [0.05, 0.1) is 19.2 Å². The van der Waals surface area contributed by atoms with Crippen molar-refractivity contribution in [2.75, 3.05) is 20.3 Å². The van der Waals surface area contributed by atoms with Gasteiger partial charge in [0.1, 0.15) is 24.1 Å². The molecule has 1 unspecified atom stereocenters. The maximum Gasteiger partial charge on any atom is 0.410 e. The lowest BCUT2D eigenvalue weighted by atomic mass is 9.98.